The molecule has 1 aromatic heterocycles. The number of hydrogen-bond acceptors (Lipinski definition) is 2. The number of aromatic amines is 1. The number of nitrogens with zero attached hydrogens (tertiary/aromatic N) is 1. The van der Waals surface area contributed by atoms with Crippen LogP contribution in [0.3, 0.4) is 0 Å². The van der Waals surface area contributed by atoms with Gasteiger partial charge in [0.1, 0.15) is 11.6 Å². The fourth-order valence-electron chi connectivity index (χ4n) is 2.26. The molecule has 0 fully saturated rings. The minimum absolute atomic E-state index is 0.260. The zero-order valence-electron chi connectivity index (χ0n) is 10.4. The van der Waals surface area contributed by atoms with Gasteiger partial charge in [0.05, 0.1) is 0 Å². The number of nitrogens with one attached hydrogen (secondary N) is 1. The standard InChI is InChI=1S/C15H16N2O/c1-11-9-13(14(10-16)15(18)17-11)8-7-12-5-3-2-4-6-12/h2-5,9,12H,6-8H2,1H3,(H,17,18). The largest absolute Gasteiger partial charge is 0.325 e. The lowest BCUT2D eigenvalue weighted by Gasteiger charge is -2.13. The van der Waals surface area contributed by atoms with Crippen LogP contribution in [0.2, 0.25) is 0 Å². The predicted molar refractivity (Wildman–Crippen MR) is 71.2 cm³/mol. The molecule has 92 valence electrons. The number of pyridine rings is 1. The maximum absolute atomic E-state index is 11.6. The van der Waals surface area contributed by atoms with Crippen molar-refractivity contribution < 1.29 is 0 Å². The summed E-state index contributed by atoms with van der Waals surface area (Å²) in [5, 5.41) is 9.03. The molecule has 1 aliphatic carbocycles. The Labute approximate surface area is 106 Å². The molecule has 1 aromatic rings. The lowest BCUT2D eigenvalue weighted by atomic mass is 9.92. The molecule has 18 heavy (non-hydrogen) atoms. The zero-order valence-corrected chi connectivity index (χ0v) is 10.4. The minimum Gasteiger partial charge on any atom is -0.325 e. The highest BCUT2D eigenvalue weighted by Crippen LogP contribution is 2.19. The van der Waals surface area contributed by atoms with Gasteiger partial charge in [0.25, 0.3) is 5.56 Å². The van der Waals surface area contributed by atoms with Crippen molar-refractivity contribution in [2.75, 3.05) is 0 Å². The Morgan fingerprint density at radius 2 is 2.33 bits per heavy atom. The van der Waals surface area contributed by atoms with Crippen LogP contribution in [0.25, 0.3) is 0 Å². The van der Waals surface area contributed by atoms with E-state index >= 15 is 0 Å². The maximum atomic E-state index is 11.6. The Bertz CT molecular complexity index is 587. The number of hydrogen-bond donors (Lipinski definition) is 1. The van der Waals surface area contributed by atoms with E-state index in [1.165, 1.54) is 0 Å². The van der Waals surface area contributed by atoms with Gasteiger partial charge in [-0.1, -0.05) is 24.3 Å². The summed E-state index contributed by atoms with van der Waals surface area (Å²) in [5.74, 6) is 0.515. The topological polar surface area (TPSA) is 56.6 Å². The number of aromatic nitrogens is 1. The quantitative estimate of drug-likeness (QED) is 0.883. The highest BCUT2D eigenvalue weighted by Gasteiger charge is 2.11. The lowest BCUT2D eigenvalue weighted by Crippen LogP contribution is -2.15. The zero-order chi connectivity index (χ0) is 13.0. The van der Waals surface area contributed by atoms with Crippen LogP contribution in [0.5, 0.6) is 0 Å². The van der Waals surface area contributed by atoms with Crippen LogP contribution in [0.15, 0.2) is 35.2 Å². The van der Waals surface area contributed by atoms with Crippen LogP contribution in [0.1, 0.15) is 29.7 Å². The second kappa shape index (κ2) is 5.50. The third-order valence-corrected chi connectivity index (χ3v) is 3.22. The monoisotopic (exact) mass is 240 g/mol. The molecule has 3 heteroatoms. The molecule has 0 aromatic carbocycles. The van der Waals surface area contributed by atoms with Gasteiger partial charge in [-0.15, -0.1) is 0 Å². The summed E-state index contributed by atoms with van der Waals surface area (Å²) in [6.45, 7) is 1.84. The summed E-state index contributed by atoms with van der Waals surface area (Å²) in [5.41, 5.74) is 1.66. The molecule has 1 aliphatic rings. The van der Waals surface area contributed by atoms with Crippen LogP contribution in [0, 0.1) is 24.2 Å². The smallest absolute Gasteiger partial charge is 0.266 e. The van der Waals surface area contributed by atoms with E-state index in [0.717, 1.165) is 30.5 Å². The van der Waals surface area contributed by atoms with Gasteiger partial charge in [-0.25, -0.2) is 0 Å². The average molecular weight is 240 g/mol. The van der Waals surface area contributed by atoms with Crippen molar-refractivity contribution in [3.8, 4) is 6.07 Å². The van der Waals surface area contributed by atoms with Crippen molar-refractivity contribution >= 4 is 0 Å². The molecule has 1 N–H and O–H groups in total. The van der Waals surface area contributed by atoms with E-state index in [2.05, 4.69) is 29.3 Å². The van der Waals surface area contributed by atoms with Crippen LogP contribution in [0.4, 0.5) is 0 Å². The number of H-pyrrole nitrogens is 1. The Morgan fingerprint density at radius 1 is 1.50 bits per heavy atom. The third kappa shape index (κ3) is 2.78. The SMILES string of the molecule is Cc1cc(CCC2C=CC=CC2)c(C#N)c(=O)[nH]1. The van der Waals surface area contributed by atoms with Crippen molar-refractivity contribution in [2.45, 2.75) is 26.2 Å². The van der Waals surface area contributed by atoms with Crippen molar-refractivity contribution in [2.24, 2.45) is 5.92 Å². The summed E-state index contributed by atoms with van der Waals surface area (Å²) in [4.78, 5) is 14.3. The van der Waals surface area contributed by atoms with E-state index < -0.39 is 0 Å². The fourth-order valence-corrected chi connectivity index (χ4v) is 2.26. The molecule has 1 atom stereocenters. The van der Waals surface area contributed by atoms with Gasteiger partial charge in [-0.05, 0) is 43.7 Å². The Kier molecular flexibility index (Phi) is 3.78. The molecular formula is C15H16N2O. The van der Waals surface area contributed by atoms with Crippen LogP contribution >= 0.6 is 0 Å². The molecule has 0 aliphatic heterocycles. The first kappa shape index (κ1) is 12.4. The number of rotatable bonds is 3. The van der Waals surface area contributed by atoms with Gasteiger partial charge in [-0.2, -0.15) is 5.26 Å². The average Bonchev–Trinajstić information content (AvgIpc) is 2.37. The van der Waals surface area contributed by atoms with Gasteiger partial charge in [0.15, 0.2) is 0 Å². The second-order valence-electron chi connectivity index (χ2n) is 4.64. The number of nitriles is 1. The summed E-state index contributed by atoms with van der Waals surface area (Å²) in [7, 11) is 0. The van der Waals surface area contributed by atoms with Gasteiger partial charge < -0.3 is 4.98 Å². The van der Waals surface area contributed by atoms with E-state index in [9.17, 15) is 4.79 Å². The molecular weight excluding hydrogens is 224 g/mol. The Balaban J connectivity index is 2.14. The van der Waals surface area contributed by atoms with E-state index in [1.807, 2.05) is 19.1 Å². The maximum Gasteiger partial charge on any atom is 0.266 e. The van der Waals surface area contributed by atoms with Crippen molar-refractivity contribution in [1.29, 1.82) is 5.26 Å². The molecule has 1 unspecified atom stereocenters. The minimum atomic E-state index is -0.272. The van der Waals surface area contributed by atoms with E-state index in [4.69, 9.17) is 5.26 Å². The van der Waals surface area contributed by atoms with Gasteiger partial charge in [0.2, 0.25) is 0 Å². The highest BCUT2D eigenvalue weighted by molar-refractivity contribution is 5.36. The van der Waals surface area contributed by atoms with Crippen molar-refractivity contribution in [3.63, 3.8) is 0 Å². The summed E-state index contributed by atoms with van der Waals surface area (Å²) in [6.07, 6.45) is 11.2. The Morgan fingerprint density at radius 3 is 3.00 bits per heavy atom. The summed E-state index contributed by atoms with van der Waals surface area (Å²) >= 11 is 0. The van der Waals surface area contributed by atoms with Crippen LogP contribution < -0.4 is 5.56 Å². The van der Waals surface area contributed by atoms with E-state index in [-0.39, 0.29) is 11.1 Å². The van der Waals surface area contributed by atoms with E-state index in [1.54, 1.807) is 0 Å². The lowest BCUT2D eigenvalue weighted by molar-refractivity contribution is 0.593. The molecule has 1 heterocycles. The summed E-state index contributed by atoms with van der Waals surface area (Å²) in [6, 6.07) is 3.91. The van der Waals surface area contributed by atoms with Crippen molar-refractivity contribution in [3.05, 3.63) is 57.5 Å². The molecule has 0 saturated carbocycles. The molecule has 0 spiro atoms. The molecule has 0 bridgehead atoms. The molecule has 0 amide bonds. The predicted octanol–water partition coefficient (Wildman–Crippen LogP) is 2.62. The van der Waals surface area contributed by atoms with Crippen LogP contribution in [-0.2, 0) is 6.42 Å². The van der Waals surface area contributed by atoms with Gasteiger partial charge >= 0.3 is 0 Å². The molecule has 0 saturated heterocycles. The first-order valence-corrected chi connectivity index (χ1v) is 6.17. The van der Waals surface area contributed by atoms with Crippen LogP contribution in [-0.4, -0.2) is 4.98 Å². The fraction of sp³-hybridized carbons (Fsp3) is 0.333. The third-order valence-electron chi connectivity index (χ3n) is 3.22. The first-order chi connectivity index (χ1) is 8.70. The Hall–Kier alpha value is -2.08. The number of allylic oxidation sites excluding steroid dienone is 4. The molecule has 2 rings (SSSR count). The highest BCUT2D eigenvalue weighted by atomic mass is 16.1. The molecule has 0 radical (unpaired) electrons. The first-order valence-electron chi connectivity index (χ1n) is 6.17. The summed E-state index contributed by atoms with van der Waals surface area (Å²) < 4.78 is 0. The van der Waals surface area contributed by atoms with Crippen molar-refractivity contribution in [1.82, 2.24) is 4.98 Å². The van der Waals surface area contributed by atoms with Gasteiger partial charge in [0, 0.05) is 5.69 Å². The molecule has 3 nitrogen and oxygen atoms in total. The number of aryl methyl sites for hydroxylation is 2. The normalized spacial score (nSPS) is 17.7. The second-order valence-corrected chi connectivity index (χ2v) is 4.64. The van der Waals surface area contributed by atoms with Gasteiger partial charge in [-0.3, -0.25) is 4.79 Å². The van der Waals surface area contributed by atoms with E-state index in [0.29, 0.717) is 5.92 Å².